The van der Waals surface area contributed by atoms with Crippen LogP contribution in [0.2, 0.25) is 0 Å². The molecular weight excluding hydrogens is 352 g/mol. The van der Waals surface area contributed by atoms with Gasteiger partial charge in [-0.15, -0.1) is 0 Å². The molecule has 0 bridgehead atoms. The van der Waals surface area contributed by atoms with E-state index in [1.807, 2.05) is 0 Å². The highest BCUT2D eigenvalue weighted by atomic mass is 16.4. The minimum atomic E-state index is -1.18. The summed E-state index contributed by atoms with van der Waals surface area (Å²) < 4.78 is 5.20. The SMILES string of the molecule is O=C(O)CN1C(=O)C(N2C(=O)c3ccccc3C2=O)C1C=Cc1ccco1. The van der Waals surface area contributed by atoms with Gasteiger partial charge in [0, 0.05) is 0 Å². The van der Waals surface area contributed by atoms with Crippen LogP contribution in [0.1, 0.15) is 26.5 Å². The largest absolute Gasteiger partial charge is 0.480 e. The Labute approximate surface area is 153 Å². The minimum Gasteiger partial charge on any atom is -0.480 e. The van der Waals surface area contributed by atoms with Gasteiger partial charge in [-0.3, -0.25) is 24.1 Å². The second-order valence-electron chi connectivity index (χ2n) is 6.20. The zero-order chi connectivity index (χ0) is 19.1. The Morgan fingerprint density at radius 1 is 1.07 bits per heavy atom. The monoisotopic (exact) mass is 366 g/mol. The normalized spacial score (nSPS) is 21.7. The van der Waals surface area contributed by atoms with E-state index in [0.29, 0.717) is 5.76 Å². The fourth-order valence-electron chi connectivity index (χ4n) is 3.39. The topological polar surface area (TPSA) is 108 Å². The molecule has 0 aliphatic carbocycles. The second kappa shape index (κ2) is 6.24. The van der Waals surface area contributed by atoms with Gasteiger partial charge in [-0.05, 0) is 30.3 Å². The number of carboxylic acid groups (broad SMARTS) is 1. The summed E-state index contributed by atoms with van der Waals surface area (Å²) in [6.45, 7) is -0.522. The molecular formula is C19H14N2O6. The smallest absolute Gasteiger partial charge is 0.323 e. The molecule has 8 nitrogen and oxygen atoms in total. The first-order valence-corrected chi connectivity index (χ1v) is 8.20. The van der Waals surface area contributed by atoms with Crippen molar-refractivity contribution in [2.75, 3.05) is 6.54 Å². The molecule has 4 rings (SSSR count). The van der Waals surface area contributed by atoms with Crippen molar-refractivity contribution in [3.05, 3.63) is 65.6 Å². The van der Waals surface area contributed by atoms with Crippen LogP contribution in [0.25, 0.3) is 6.08 Å². The molecule has 1 fully saturated rings. The standard InChI is InChI=1S/C19H14N2O6/c22-15(23)10-20-14(8-7-11-4-3-9-27-11)16(19(20)26)21-17(24)12-5-1-2-6-13(12)18(21)25/h1-9,14,16H,10H2,(H,22,23). The zero-order valence-electron chi connectivity index (χ0n) is 13.9. The van der Waals surface area contributed by atoms with Crippen molar-refractivity contribution in [2.45, 2.75) is 12.1 Å². The third-order valence-corrected chi connectivity index (χ3v) is 4.63. The van der Waals surface area contributed by atoms with Crippen molar-refractivity contribution in [1.29, 1.82) is 0 Å². The molecule has 1 N–H and O–H groups in total. The van der Waals surface area contributed by atoms with Crippen LogP contribution in [-0.4, -0.2) is 57.2 Å². The maximum Gasteiger partial charge on any atom is 0.323 e. The lowest BCUT2D eigenvalue weighted by molar-refractivity contribution is -0.159. The molecule has 2 aliphatic heterocycles. The van der Waals surface area contributed by atoms with Crippen molar-refractivity contribution in [3.63, 3.8) is 0 Å². The van der Waals surface area contributed by atoms with Crippen LogP contribution >= 0.6 is 0 Å². The van der Waals surface area contributed by atoms with E-state index < -0.39 is 42.3 Å². The fraction of sp³-hybridized carbons (Fsp3) is 0.158. The molecule has 3 amide bonds. The van der Waals surface area contributed by atoms with Crippen molar-refractivity contribution < 1.29 is 28.7 Å². The van der Waals surface area contributed by atoms with Gasteiger partial charge in [0.25, 0.3) is 11.8 Å². The van der Waals surface area contributed by atoms with Crippen molar-refractivity contribution in [3.8, 4) is 0 Å². The number of amides is 3. The number of fused-ring (bicyclic) bond motifs is 1. The number of imide groups is 1. The highest BCUT2D eigenvalue weighted by Crippen LogP contribution is 2.33. The summed E-state index contributed by atoms with van der Waals surface area (Å²) in [5.41, 5.74) is 0.474. The van der Waals surface area contributed by atoms with E-state index in [-0.39, 0.29) is 11.1 Å². The Balaban J connectivity index is 1.66. The van der Waals surface area contributed by atoms with Crippen molar-refractivity contribution in [1.82, 2.24) is 9.80 Å². The summed E-state index contributed by atoms with van der Waals surface area (Å²) in [4.78, 5) is 51.0. The number of β-lactam (4-membered cyclic amide) rings is 1. The second-order valence-corrected chi connectivity index (χ2v) is 6.20. The van der Waals surface area contributed by atoms with Crippen molar-refractivity contribution >= 4 is 29.8 Å². The zero-order valence-corrected chi connectivity index (χ0v) is 13.9. The maximum atomic E-state index is 12.7. The van der Waals surface area contributed by atoms with Crippen LogP contribution in [-0.2, 0) is 9.59 Å². The van der Waals surface area contributed by atoms with Gasteiger partial charge in [-0.1, -0.05) is 18.2 Å². The van der Waals surface area contributed by atoms with Crippen LogP contribution in [0.3, 0.4) is 0 Å². The molecule has 27 heavy (non-hydrogen) atoms. The molecule has 3 heterocycles. The molecule has 0 radical (unpaired) electrons. The van der Waals surface area contributed by atoms with Gasteiger partial charge >= 0.3 is 5.97 Å². The molecule has 1 saturated heterocycles. The molecule has 2 aliphatic rings. The molecule has 1 aromatic heterocycles. The van der Waals surface area contributed by atoms with Gasteiger partial charge in [0.2, 0.25) is 5.91 Å². The first kappa shape index (κ1) is 16.8. The summed E-state index contributed by atoms with van der Waals surface area (Å²) in [6, 6.07) is 7.88. The number of carboxylic acids is 1. The molecule has 1 aromatic carbocycles. The molecule has 0 spiro atoms. The Bertz CT molecular complexity index is 943. The molecule has 0 saturated carbocycles. The van der Waals surface area contributed by atoms with Gasteiger partial charge < -0.3 is 14.4 Å². The quantitative estimate of drug-likeness (QED) is 0.630. The number of likely N-dealkylation sites (tertiary alicyclic amines) is 1. The van der Waals surface area contributed by atoms with Gasteiger partial charge in [0.1, 0.15) is 18.3 Å². The predicted molar refractivity (Wildman–Crippen MR) is 91.6 cm³/mol. The average molecular weight is 366 g/mol. The van der Waals surface area contributed by atoms with Crippen LogP contribution < -0.4 is 0 Å². The number of aliphatic carboxylic acids is 1. The first-order chi connectivity index (χ1) is 13.0. The number of nitrogens with zero attached hydrogens (tertiary/aromatic N) is 2. The van der Waals surface area contributed by atoms with Gasteiger partial charge in [-0.25, -0.2) is 0 Å². The fourth-order valence-corrected chi connectivity index (χ4v) is 3.39. The number of rotatable bonds is 5. The number of benzene rings is 1. The van der Waals surface area contributed by atoms with E-state index in [4.69, 9.17) is 9.52 Å². The maximum absolute atomic E-state index is 12.7. The molecule has 8 heteroatoms. The van der Waals surface area contributed by atoms with Crippen LogP contribution in [0, 0.1) is 0 Å². The lowest BCUT2D eigenvalue weighted by Gasteiger charge is -2.47. The van der Waals surface area contributed by atoms with Crippen LogP contribution in [0.5, 0.6) is 0 Å². The Kier molecular flexibility index (Phi) is 3.88. The van der Waals surface area contributed by atoms with E-state index in [0.717, 1.165) is 9.80 Å². The van der Waals surface area contributed by atoms with Crippen LogP contribution in [0.15, 0.2) is 53.2 Å². The van der Waals surface area contributed by atoms with E-state index in [1.54, 1.807) is 36.4 Å². The predicted octanol–water partition coefficient (Wildman–Crippen LogP) is 1.25. The number of carbonyl (C=O) groups is 4. The third kappa shape index (κ3) is 2.62. The van der Waals surface area contributed by atoms with Crippen molar-refractivity contribution in [2.24, 2.45) is 0 Å². The van der Waals surface area contributed by atoms with E-state index >= 15 is 0 Å². The molecule has 2 unspecified atom stereocenters. The van der Waals surface area contributed by atoms with E-state index in [2.05, 4.69) is 0 Å². The molecule has 136 valence electrons. The number of hydrogen-bond acceptors (Lipinski definition) is 5. The Morgan fingerprint density at radius 2 is 1.74 bits per heavy atom. The number of furan rings is 1. The highest BCUT2D eigenvalue weighted by molar-refractivity contribution is 6.23. The number of carbonyl (C=O) groups excluding carboxylic acids is 3. The van der Waals surface area contributed by atoms with E-state index in [9.17, 15) is 19.2 Å². The first-order valence-electron chi connectivity index (χ1n) is 8.20. The van der Waals surface area contributed by atoms with Gasteiger partial charge in [-0.2, -0.15) is 0 Å². The molecule has 2 aromatic rings. The summed E-state index contributed by atoms with van der Waals surface area (Å²) in [5, 5.41) is 9.05. The lowest BCUT2D eigenvalue weighted by Crippen LogP contribution is -2.71. The number of hydrogen-bond donors (Lipinski definition) is 1. The van der Waals surface area contributed by atoms with Gasteiger partial charge in [0.05, 0.1) is 23.4 Å². The Morgan fingerprint density at radius 3 is 2.30 bits per heavy atom. The van der Waals surface area contributed by atoms with Crippen LogP contribution in [0.4, 0.5) is 0 Å². The minimum absolute atomic E-state index is 0.237. The summed E-state index contributed by atoms with van der Waals surface area (Å²) >= 11 is 0. The van der Waals surface area contributed by atoms with E-state index in [1.165, 1.54) is 18.4 Å². The summed E-state index contributed by atoms with van der Waals surface area (Å²) in [7, 11) is 0. The summed E-state index contributed by atoms with van der Waals surface area (Å²) in [6.07, 6.45) is 4.62. The highest BCUT2D eigenvalue weighted by Gasteiger charge is 2.55. The third-order valence-electron chi connectivity index (χ3n) is 4.63. The van der Waals surface area contributed by atoms with Gasteiger partial charge in [0.15, 0.2) is 0 Å². The lowest BCUT2D eigenvalue weighted by atomic mass is 9.92. The molecule has 2 atom stereocenters. The Hall–Kier alpha value is -3.68. The average Bonchev–Trinajstić information content (AvgIpc) is 3.25. The summed E-state index contributed by atoms with van der Waals surface area (Å²) in [5.74, 6) is -2.37.